The topological polar surface area (TPSA) is 90.2 Å². The number of methoxy groups -OCH3 is 1. The number of hydrogen-bond donors (Lipinski definition) is 1. The minimum absolute atomic E-state index is 0.0429. The largest absolute Gasteiger partial charge is 0.494 e. The maximum Gasteiger partial charge on any atom is 0.275 e. The van der Waals surface area contributed by atoms with Crippen LogP contribution in [0.25, 0.3) is 11.4 Å². The molecule has 0 unspecified atom stereocenters. The Balaban J connectivity index is 2.57. The summed E-state index contributed by atoms with van der Waals surface area (Å²) in [5, 5.41) is 14.0. The minimum Gasteiger partial charge on any atom is -0.494 e. The van der Waals surface area contributed by atoms with Crippen LogP contribution in [0.4, 0.5) is 11.5 Å². The molecule has 0 radical (unpaired) electrons. The molecule has 2 aromatic rings. The van der Waals surface area contributed by atoms with Crippen LogP contribution >= 0.6 is 0 Å². The first-order valence-corrected chi connectivity index (χ1v) is 6.05. The van der Waals surface area contributed by atoms with Crippen molar-refractivity contribution in [2.45, 2.75) is 6.92 Å². The molecule has 0 saturated carbocycles. The van der Waals surface area contributed by atoms with E-state index in [9.17, 15) is 10.1 Å². The summed E-state index contributed by atoms with van der Waals surface area (Å²) in [7, 11) is 1.52. The van der Waals surface area contributed by atoms with Crippen LogP contribution in [0.1, 0.15) is 6.92 Å². The molecule has 0 spiro atoms. The molecule has 7 nitrogen and oxygen atoms in total. The summed E-state index contributed by atoms with van der Waals surface area (Å²) < 4.78 is 5.21. The molecule has 7 heteroatoms. The van der Waals surface area contributed by atoms with E-state index in [2.05, 4.69) is 15.3 Å². The van der Waals surface area contributed by atoms with Gasteiger partial charge in [0.1, 0.15) is 23.0 Å². The monoisotopic (exact) mass is 274 g/mol. The van der Waals surface area contributed by atoms with Crippen LogP contribution < -0.4 is 10.1 Å². The normalized spacial score (nSPS) is 10.1. The molecule has 0 atom stereocenters. The highest BCUT2D eigenvalue weighted by molar-refractivity contribution is 5.67. The molecule has 0 aliphatic carbocycles. The molecule has 0 bridgehead atoms. The molecule has 0 aliphatic rings. The molecule has 0 amide bonds. The molecular weight excluding hydrogens is 260 g/mol. The molecule has 2 rings (SSSR count). The van der Waals surface area contributed by atoms with E-state index in [0.29, 0.717) is 29.5 Å². The van der Waals surface area contributed by atoms with Gasteiger partial charge in [0.2, 0.25) is 0 Å². The smallest absolute Gasteiger partial charge is 0.275 e. The Kier molecular flexibility index (Phi) is 4.09. The average Bonchev–Trinajstić information content (AvgIpc) is 2.47. The Morgan fingerprint density at radius 3 is 2.90 bits per heavy atom. The van der Waals surface area contributed by atoms with Gasteiger partial charge in [0, 0.05) is 18.8 Å². The lowest BCUT2D eigenvalue weighted by Crippen LogP contribution is -2.02. The summed E-state index contributed by atoms with van der Waals surface area (Å²) in [5.41, 5.74) is 0.823. The second-order valence-electron chi connectivity index (χ2n) is 3.94. The van der Waals surface area contributed by atoms with Crippen molar-refractivity contribution in [3.63, 3.8) is 0 Å². The van der Waals surface area contributed by atoms with Crippen LogP contribution in [0.3, 0.4) is 0 Å². The highest BCUT2D eigenvalue weighted by Crippen LogP contribution is 2.29. The number of nitrogens with one attached hydrogen (secondary N) is 1. The van der Waals surface area contributed by atoms with Gasteiger partial charge in [0.15, 0.2) is 0 Å². The van der Waals surface area contributed by atoms with Gasteiger partial charge in [-0.1, -0.05) is 0 Å². The number of pyridine rings is 2. The summed E-state index contributed by atoms with van der Waals surface area (Å²) >= 11 is 0. The van der Waals surface area contributed by atoms with Crippen molar-refractivity contribution in [1.82, 2.24) is 9.97 Å². The zero-order valence-electron chi connectivity index (χ0n) is 11.2. The summed E-state index contributed by atoms with van der Waals surface area (Å²) in [6.45, 7) is 2.51. The van der Waals surface area contributed by atoms with Crippen LogP contribution in [0, 0.1) is 10.1 Å². The Morgan fingerprint density at radius 2 is 2.25 bits per heavy atom. The van der Waals surface area contributed by atoms with Gasteiger partial charge in [-0.2, -0.15) is 0 Å². The van der Waals surface area contributed by atoms with Crippen molar-refractivity contribution >= 4 is 11.5 Å². The third-order valence-electron chi connectivity index (χ3n) is 2.61. The first kappa shape index (κ1) is 13.7. The highest BCUT2D eigenvalue weighted by atomic mass is 16.6. The Bertz CT molecular complexity index is 631. The van der Waals surface area contributed by atoms with Crippen LogP contribution in [0.5, 0.6) is 5.75 Å². The minimum atomic E-state index is -0.457. The first-order chi connectivity index (χ1) is 9.65. The molecule has 20 heavy (non-hydrogen) atoms. The van der Waals surface area contributed by atoms with Crippen molar-refractivity contribution < 1.29 is 9.66 Å². The average molecular weight is 274 g/mol. The van der Waals surface area contributed by atoms with E-state index in [0.717, 1.165) is 0 Å². The first-order valence-electron chi connectivity index (χ1n) is 6.05. The third-order valence-corrected chi connectivity index (χ3v) is 2.61. The zero-order chi connectivity index (χ0) is 14.5. The van der Waals surface area contributed by atoms with Crippen molar-refractivity contribution in [3.05, 3.63) is 40.6 Å². The standard InChI is InChI=1S/C13H14N4O3/c1-3-14-12-8-9(17(18)19)7-10(16-12)13-11(20-2)5-4-6-15-13/h4-8H,3H2,1-2H3,(H,14,16). The zero-order valence-corrected chi connectivity index (χ0v) is 11.2. The van der Waals surface area contributed by atoms with Crippen LogP contribution in [-0.2, 0) is 0 Å². The lowest BCUT2D eigenvalue weighted by atomic mass is 10.2. The number of anilines is 1. The maximum atomic E-state index is 11.0. The van der Waals surface area contributed by atoms with Gasteiger partial charge in [-0.05, 0) is 19.1 Å². The number of aromatic nitrogens is 2. The molecular formula is C13H14N4O3. The van der Waals surface area contributed by atoms with Crippen LogP contribution in [-0.4, -0.2) is 28.5 Å². The van der Waals surface area contributed by atoms with E-state index in [1.807, 2.05) is 6.92 Å². The summed E-state index contributed by atoms with van der Waals surface area (Å²) in [6.07, 6.45) is 1.59. The summed E-state index contributed by atoms with van der Waals surface area (Å²) in [4.78, 5) is 19.0. The molecule has 2 aromatic heterocycles. The third kappa shape index (κ3) is 2.82. The van der Waals surface area contributed by atoms with Gasteiger partial charge in [-0.25, -0.2) is 4.98 Å². The predicted octanol–water partition coefficient (Wildman–Crippen LogP) is 2.49. The van der Waals surface area contributed by atoms with Crippen LogP contribution in [0.2, 0.25) is 0 Å². The predicted molar refractivity (Wildman–Crippen MR) is 74.8 cm³/mol. The number of ether oxygens (including phenoxy) is 1. The molecule has 0 saturated heterocycles. The number of nitrogens with zero attached hydrogens (tertiary/aromatic N) is 3. The quantitative estimate of drug-likeness (QED) is 0.665. The lowest BCUT2D eigenvalue weighted by Gasteiger charge is -2.08. The molecule has 0 aliphatic heterocycles. The van der Waals surface area contributed by atoms with E-state index in [4.69, 9.17) is 4.74 Å². The number of nitro groups is 1. The molecule has 0 aromatic carbocycles. The maximum absolute atomic E-state index is 11.0. The molecule has 104 valence electrons. The lowest BCUT2D eigenvalue weighted by molar-refractivity contribution is -0.384. The van der Waals surface area contributed by atoms with Gasteiger partial charge in [-0.15, -0.1) is 0 Å². The number of hydrogen-bond acceptors (Lipinski definition) is 6. The fourth-order valence-electron chi connectivity index (χ4n) is 1.76. The van der Waals surface area contributed by atoms with Gasteiger partial charge in [-0.3, -0.25) is 15.1 Å². The Labute approximate surface area is 115 Å². The van der Waals surface area contributed by atoms with Gasteiger partial charge < -0.3 is 10.1 Å². The van der Waals surface area contributed by atoms with E-state index in [1.54, 1.807) is 18.3 Å². The SMILES string of the molecule is CCNc1cc([N+](=O)[O-])cc(-c2ncccc2OC)n1. The van der Waals surface area contributed by atoms with E-state index < -0.39 is 4.92 Å². The Hall–Kier alpha value is -2.70. The fraction of sp³-hybridized carbons (Fsp3) is 0.231. The summed E-state index contributed by atoms with van der Waals surface area (Å²) in [6, 6.07) is 6.23. The molecule has 0 fully saturated rings. The molecule has 1 N–H and O–H groups in total. The second kappa shape index (κ2) is 5.96. The highest BCUT2D eigenvalue weighted by Gasteiger charge is 2.15. The van der Waals surface area contributed by atoms with Gasteiger partial charge in [0.05, 0.1) is 18.1 Å². The van der Waals surface area contributed by atoms with Crippen molar-refractivity contribution in [2.75, 3.05) is 19.0 Å². The van der Waals surface area contributed by atoms with Crippen molar-refractivity contribution in [1.29, 1.82) is 0 Å². The Morgan fingerprint density at radius 1 is 1.45 bits per heavy atom. The van der Waals surface area contributed by atoms with Gasteiger partial charge >= 0.3 is 0 Å². The van der Waals surface area contributed by atoms with E-state index in [1.165, 1.54) is 19.2 Å². The molecule has 2 heterocycles. The van der Waals surface area contributed by atoms with E-state index >= 15 is 0 Å². The van der Waals surface area contributed by atoms with Gasteiger partial charge in [0.25, 0.3) is 5.69 Å². The van der Waals surface area contributed by atoms with Crippen LogP contribution in [0.15, 0.2) is 30.5 Å². The summed E-state index contributed by atoms with van der Waals surface area (Å²) in [5.74, 6) is 0.951. The van der Waals surface area contributed by atoms with Crippen molar-refractivity contribution in [3.8, 4) is 17.1 Å². The van der Waals surface area contributed by atoms with Crippen molar-refractivity contribution in [2.24, 2.45) is 0 Å². The number of rotatable bonds is 5. The second-order valence-corrected chi connectivity index (χ2v) is 3.94. The fourth-order valence-corrected chi connectivity index (χ4v) is 1.76. The van der Waals surface area contributed by atoms with E-state index in [-0.39, 0.29) is 5.69 Å².